The summed E-state index contributed by atoms with van der Waals surface area (Å²) in [6.07, 6.45) is 6.08. The predicted molar refractivity (Wildman–Crippen MR) is 223 cm³/mol. The normalized spacial score (nSPS) is 18.4. The minimum atomic E-state index is -1.04. The number of likely N-dealkylation sites (tertiary alicyclic amines) is 1. The van der Waals surface area contributed by atoms with Crippen molar-refractivity contribution in [2.24, 2.45) is 13.0 Å². The van der Waals surface area contributed by atoms with Gasteiger partial charge in [-0.05, 0) is 102 Å². The van der Waals surface area contributed by atoms with E-state index in [9.17, 15) is 28.8 Å². The van der Waals surface area contributed by atoms with Gasteiger partial charge in [-0.1, -0.05) is 6.07 Å². The molecule has 2 aromatic heterocycles. The molecule has 0 bridgehead atoms. The molecule has 2 N–H and O–H groups in total. The van der Waals surface area contributed by atoms with Crippen molar-refractivity contribution in [1.82, 2.24) is 24.6 Å². The first kappa shape index (κ1) is 41.6. The van der Waals surface area contributed by atoms with Crippen LogP contribution in [0.2, 0.25) is 0 Å². The third-order valence-electron chi connectivity index (χ3n) is 11.2. The molecule has 2 saturated heterocycles. The van der Waals surface area contributed by atoms with Crippen LogP contribution in [0.1, 0.15) is 71.2 Å². The van der Waals surface area contributed by atoms with Gasteiger partial charge in [0.05, 0.1) is 58.5 Å². The van der Waals surface area contributed by atoms with Crippen molar-refractivity contribution in [2.45, 2.75) is 57.5 Å². The first-order valence-electron chi connectivity index (χ1n) is 19.9. The number of piperidine rings is 2. The lowest BCUT2D eigenvalue weighted by Crippen LogP contribution is -2.54. The molecule has 0 spiro atoms. The standard InChI is InChI=1S/C43H50N6O9S/c1-46(2)23-30-33(56-4)19-26(20-34(30)57-5)29-24-47(3)41(53)28-21-36(59-38(28)29)45-39(51)25-11-10-17-48(22-25)16-7-6-8-18-58-32-13-9-12-27-37(32)43(55)49(42(27)54)31-14-15-35(50)44-40(31)52/h9,12-13,19-21,24-25,31H,6-8,10-11,14-18,22-23H2,1-5H3,(H,45,51)(H,44,50,52)/t25-,31?/m1/s1. The van der Waals surface area contributed by atoms with E-state index in [1.54, 1.807) is 50.1 Å². The molecule has 59 heavy (non-hydrogen) atoms. The van der Waals surface area contributed by atoms with E-state index in [1.165, 1.54) is 11.3 Å². The Morgan fingerprint density at radius 1 is 0.949 bits per heavy atom. The topological polar surface area (TPSA) is 169 Å². The highest BCUT2D eigenvalue weighted by Gasteiger charge is 2.46. The fourth-order valence-electron chi connectivity index (χ4n) is 8.23. The highest BCUT2D eigenvalue weighted by Crippen LogP contribution is 2.41. The number of thiophene rings is 1. The Kier molecular flexibility index (Phi) is 12.5. The molecule has 3 aliphatic heterocycles. The minimum absolute atomic E-state index is 0.0527. The van der Waals surface area contributed by atoms with Gasteiger partial charge in [-0.3, -0.25) is 39.0 Å². The van der Waals surface area contributed by atoms with Gasteiger partial charge in [-0.2, -0.15) is 0 Å². The highest BCUT2D eigenvalue weighted by atomic mass is 32.1. The number of hydrogen-bond acceptors (Lipinski definition) is 12. The smallest absolute Gasteiger partial charge is 0.266 e. The summed E-state index contributed by atoms with van der Waals surface area (Å²) in [4.78, 5) is 82.8. The zero-order chi connectivity index (χ0) is 42.0. The van der Waals surface area contributed by atoms with Gasteiger partial charge in [0.1, 0.15) is 23.3 Å². The maximum Gasteiger partial charge on any atom is 0.266 e. The average Bonchev–Trinajstić information content (AvgIpc) is 3.75. The zero-order valence-electron chi connectivity index (χ0n) is 34.1. The maximum absolute atomic E-state index is 13.7. The van der Waals surface area contributed by atoms with Crippen molar-refractivity contribution in [1.29, 1.82) is 0 Å². The van der Waals surface area contributed by atoms with Crippen LogP contribution in [0.15, 0.2) is 47.4 Å². The molecule has 4 aromatic rings. The van der Waals surface area contributed by atoms with Gasteiger partial charge in [-0.15, -0.1) is 11.3 Å². The molecule has 312 valence electrons. The summed E-state index contributed by atoms with van der Waals surface area (Å²) in [5.74, 6) is -0.836. The summed E-state index contributed by atoms with van der Waals surface area (Å²) in [7, 11) is 8.94. The van der Waals surface area contributed by atoms with E-state index >= 15 is 0 Å². The molecule has 15 nitrogen and oxygen atoms in total. The SMILES string of the molecule is COc1cc(-c2cn(C)c(=O)c3cc(NC(=O)[C@@H]4CCCN(CCCCCOc5cccc6c5C(=O)N(C5CCC(=O)NC5=O)C6=O)C4)sc23)cc(OC)c1CN(C)C. The third kappa shape index (κ3) is 8.61. The Bertz CT molecular complexity index is 2350. The molecular formula is C43H50N6O9S. The van der Waals surface area contributed by atoms with Crippen LogP contribution in [-0.4, -0.2) is 109 Å². The fourth-order valence-corrected chi connectivity index (χ4v) is 9.31. The molecule has 0 saturated carbocycles. The van der Waals surface area contributed by atoms with Crippen LogP contribution in [0.3, 0.4) is 0 Å². The molecule has 7 rings (SSSR count). The monoisotopic (exact) mass is 826 g/mol. The Morgan fingerprint density at radius 3 is 2.42 bits per heavy atom. The average molecular weight is 827 g/mol. The summed E-state index contributed by atoms with van der Waals surface area (Å²) in [6.45, 7) is 3.32. The summed E-state index contributed by atoms with van der Waals surface area (Å²) in [6, 6.07) is 9.50. The number of unbranched alkanes of at least 4 members (excludes halogenated alkanes) is 2. The molecule has 5 amide bonds. The van der Waals surface area contributed by atoms with Crippen LogP contribution < -0.4 is 30.4 Å². The van der Waals surface area contributed by atoms with Gasteiger partial charge in [0.15, 0.2) is 0 Å². The second-order valence-corrected chi connectivity index (χ2v) is 16.6. The van der Waals surface area contributed by atoms with Gasteiger partial charge in [0.25, 0.3) is 17.4 Å². The number of nitrogens with zero attached hydrogens (tertiary/aromatic N) is 4. The van der Waals surface area contributed by atoms with E-state index in [0.29, 0.717) is 53.8 Å². The number of ether oxygens (including phenoxy) is 3. The number of benzene rings is 2. The minimum Gasteiger partial charge on any atom is -0.496 e. The number of aromatic nitrogens is 1. The number of carbonyl (C=O) groups is 5. The van der Waals surface area contributed by atoms with Crippen molar-refractivity contribution >= 4 is 56.0 Å². The summed E-state index contributed by atoms with van der Waals surface area (Å²) in [5.41, 5.74) is 2.78. The van der Waals surface area contributed by atoms with Gasteiger partial charge in [-0.25, -0.2) is 0 Å². The van der Waals surface area contributed by atoms with E-state index in [2.05, 4.69) is 15.5 Å². The number of pyridine rings is 1. The summed E-state index contributed by atoms with van der Waals surface area (Å²) in [5, 5.41) is 6.48. The van der Waals surface area contributed by atoms with Crippen molar-refractivity contribution in [2.75, 3.05) is 59.9 Å². The van der Waals surface area contributed by atoms with Gasteiger partial charge < -0.3 is 33.9 Å². The molecule has 1 unspecified atom stereocenters. The number of fused-ring (bicyclic) bond motifs is 2. The maximum atomic E-state index is 13.7. The van der Waals surface area contributed by atoms with Crippen LogP contribution in [0.5, 0.6) is 17.2 Å². The number of anilines is 1. The fraction of sp³-hybridized carbons (Fsp3) is 0.442. The molecule has 2 atom stereocenters. The Balaban J connectivity index is 0.930. The van der Waals surface area contributed by atoms with E-state index in [1.807, 2.05) is 37.3 Å². The largest absolute Gasteiger partial charge is 0.496 e. The van der Waals surface area contributed by atoms with Crippen molar-refractivity contribution in [3.8, 4) is 28.4 Å². The van der Waals surface area contributed by atoms with Crippen molar-refractivity contribution < 1.29 is 38.2 Å². The predicted octanol–water partition coefficient (Wildman–Crippen LogP) is 4.65. The Labute approximate surface area is 346 Å². The van der Waals surface area contributed by atoms with Gasteiger partial charge >= 0.3 is 0 Å². The van der Waals surface area contributed by atoms with Crippen LogP contribution in [0.25, 0.3) is 21.2 Å². The molecule has 2 aromatic carbocycles. The third-order valence-corrected chi connectivity index (χ3v) is 12.3. The first-order valence-corrected chi connectivity index (χ1v) is 20.7. The number of amides is 5. The van der Waals surface area contributed by atoms with Crippen LogP contribution in [0, 0.1) is 5.92 Å². The number of nitrogens with one attached hydrogen (secondary N) is 2. The lowest BCUT2D eigenvalue weighted by Gasteiger charge is -2.31. The molecule has 3 aliphatic rings. The number of hydrogen-bond donors (Lipinski definition) is 2. The van der Waals surface area contributed by atoms with Crippen molar-refractivity contribution in [3.63, 3.8) is 0 Å². The van der Waals surface area contributed by atoms with E-state index in [4.69, 9.17) is 14.2 Å². The van der Waals surface area contributed by atoms with Crippen LogP contribution in [-0.2, 0) is 28.0 Å². The quantitative estimate of drug-likeness (QED) is 0.127. The van der Waals surface area contributed by atoms with Gasteiger partial charge in [0.2, 0.25) is 17.7 Å². The molecular weight excluding hydrogens is 777 g/mol. The number of imide groups is 2. The van der Waals surface area contributed by atoms with E-state index in [-0.39, 0.29) is 41.4 Å². The zero-order valence-corrected chi connectivity index (χ0v) is 34.9. The van der Waals surface area contributed by atoms with E-state index < -0.39 is 29.7 Å². The number of aryl methyl sites for hydroxylation is 1. The second-order valence-electron chi connectivity index (χ2n) is 15.6. The second kappa shape index (κ2) is 17.7. The molecule has 0 aliphatic carbocycles. The first-order chi connectivity index (χ1) is 28.4. The number of methoxy groups -OCH3 is 2. The number of carbonyl (C=O) groups excluding carboxylic acids is 5. The Morgan fingerprint density at radius 2 is 1.71 bits per heavy atom. The van der Waals surface area contributed by atoms with Crippen molar-refractivity contribution in [3.05, 3.63) is 69.6 Å². The summed E-state index contributed by atoms with van der Waals surface area (Å²) < 4.78 is 19.9. The van der Waals surface area contributed by atoms with E-state index in [0.717, 1.165) is 65.1 Å². The van der Waals surface area contributed by atoms with Crippen LogP contribution >= 0.6 is 11.3 Å². The molecule has 16 heteroatoms. The van der Waals surface area contributed by atoms with Gasteiger partial charge in [0, 0.05) is 38.3 Å². The molecule has 5 heterocycles. The lowest BCUT2D eigenvalue weighted by atomic mass is 9.97. The number of rotatable bonds is 15. The molecule has 2 fully saturated rings. The molecule has 0 radical (unpaired) electrons. The highest BCUT2D eigenvalue weighted by molar-refractivity contribution is 7.23. The lowest BCUT2D eigenvalue weighted by molar-refractivity contribution is -0.136. The summed E-state index contributed by atoms with van der Waals surface area (Å²) >= 11 is 1.38. The van der Waals surface area contributed by atoms with Crippen LogP contribution in [0.4, 0.5) is 5.00 Å². The Hall–Kier alpha value is -5.58.